The Hall–Kier alpha value is -2.87. The second kappa shape index (κ2) is 11.9. The molecular weight excluding hydrogens is 570 g/mol. The highest BCUT2D eigenvalue weighted by Crippen LogP contribution is 2.48. The van der Waals surface area contributed by atoms with Gasteiger partial charge in [-0.15, -0.1) is 0 Å². The number of imidazole rings is 1. The van der Waals surface area contributed by atoms with Crippen molar-refractivity contribution >= 4 is 42.3 Å². The second-order valence-corrected chi connectivity index (χ2v) is 11.9. The van der Waals surface area contributed by atoms with Gasteiger partial charge in [-0.3, -0.25) is 13.9 Å². The third kappa shape index (κ3) is 6.54. The van der Waals surface area contributed by atoms with Crippen LogP contribution in [-0.4, -0.2) is 81.8 Å². The Morgan fingerprint density at radius 2 is 2.02 bits per heavy atom. The van der Waals surface area contributed by atoms with E-state index in [1.54, 1.807) is 63.2 Å². The van der Waals surface area contributed by atoms with E-state index in [0.29, 0.717) is 11.3 Å². The lowest BCUT2D eigenvalue weighted by Gasteiger charge is -2.29. The molecule has 1 aromatic carbocycles. The summed E-state index contributed by atoms with van der Waals surface area (Å²) in [6.07, 6.45) is -4.12. The van der Waals surface area contributed by atoms with Crippen LogP contribution in [0, 0.1) is 0 Å². The van der Waals surface area contributed by atoms with Gasteiger partial charge in [-0.1, -0.05) is 18.2 Å². The summed E-state index contributed by atoms with van der Waals surface area (Å²) in [5.74, 6) is -0.0877. The van der Waals surface area contributed by atoms with Crippen LogP contribution < -0.4 is 14.5 Å². The molecule has 1 fully saturated rings. The molecule has 2 aromatic heterocycles. The zero-order chi connectivity index (χ0) is 29.2. The van der Waals surface area contributed by atoms with Crippen molar-refractivity contribution in [2.45, 2.75) is 51.0 Å². The molecule has 0 spiro atoms. The van der Waals surface area contributed by atoms with Crippen LogP contribution in [0.5, 0.6) is 5.75 Å². The Bertz CT molecular complexity index is 1400. The molecule has 13 nitrogen and oxygen atoms in total. The predicted octanol–water partition coefficient (Wildman–Crippen LogP) is 3.28. The highest BCUT2D eigenvalue weighted by atomic mass is 35.5. The molecule has 40 heavy (non-hydrogen) atoms. The summed E-state index contributed by atoms with van der Waals surface area (Å²) in [6, 6.07) is 8.13. The average molecular weight is 601 g/mol. The van der Waals surface area contributed by atoms with Gasteiger partial charge in [-0.05, 0) is 44.5 Å². The van der Waals surface area contributed by atoms with Gasteiger partial charge in [-0.25, -0.2) is 19.0 Å². The van der Waals surface area contributed by atoms with Gasteiger partial charge in [-0.2, -0.15) is 9.97 Å². The number of halogens is 2. The minimum atomic E-state index is -4.25. The lowest BCUT2D eigenvalue weighted by atomic mass is 9.99. The molecule has 1 aliphatic rings. The number of nitrogens with one attached hydrogen (secondary N) is 1. The van der Waals surface area contributed by atoms with Gasteiger partial charge in [0.1, 0.15) is 24.0 Å². The van der Waals surface area contributed by atoms with Gasteiger partial charge >= 0.3 is 13.7 Å². The van der Waals surface area contributed by atoms with Gasteiger partial charge < -0.3 is 24.0 Å². The van der Waals surface area contributed by atoms with E-state index in [0.717, 1.165) is 0 Å². The standard InChI is InChI=1S/C24H31ClFN6O7P/c1-14(2)37-16(33)11-28-40(35,39-15-9-7-6-8-10-15)36-12-24(3)19(34)17(26)22(38-24)32-13-27-18-20(31(4)5)29-23(25)30-21(18)32/h6-10,13-14,17,19,22,34H,11-12H2,1-5H3,(H,28,35)/t17-,19+,22-,24-,40?/m1/s1. The zero-order valence-corrected chi connectivity index (χ0v) is 24.2. The summed E-state index contributed by atoms with van der Waals surface area (Å²) in [5, 5.41) is 13.2. The van der Waals surface area contributed by atoms with E-state index < -0.39 is 57.1 Å². The Balaban J connectivity index is 1.56. The number of anilines is 1. The maximum atomic E-state index is 15.5. The number of aromatic nitrogens is 4. The number of nitrogens with zero attached hydrogens (tertiary/aromatic N) is 5. The quantitative estimate of drug-likeness (QED) is 0.189. The first-order valence-corrected chi connectivity index (χ1v) is 14.2. The van der Waals surface area contributed by atoms with E-state index in [1.807, 2.05) is 0 Å². The first-order chi connectivity index (χ1) is 18.8. The number of rotatable bonds is 11. The minimum absolute atomic E-state index is 0.0842. The number of aliphatic hydroxyl groups excluding tert-OH is 1. The molecule has 1 unspecified atom stereocenters. The zero-order valence-electron chi connectivity index (χ0n) is 22.5. The average Bonchev–Trinajstić information content (AvgIpc) is 3.40. The Kier molecular flexibility index (Phi) is 8.98. The number of fused-ring (bicyclic) bond motifs is 1. The van der Waals surface area contributed by atoms with E-state index in [9.17, 15) is 14.5 Å². The minimum Gasteiger partial charge on any atom is -0.462 e. The van der Waals surface area contributed by atoms with E-state index in [4.69, 9.17) is 30.1 Å². The molecule has 1 aliphatic heterocycles. The van der Waals surface area contributed by atoms with Crippen molar-refractivity contribution in [2.75, 3.05) is 32.1 Å². The highest BCUT2D eigenvalue weighted by molar-refractivity contribution is 7.52. The SMILES string of the molecule is CC(C)OC(=O)CNP(=O)(OC[C@@]1(C)O[C@@H](n2cnc3c(N(C)C)nc(Cl)nc32)[C@H](F)[C@@H]1O)Oc1ccccc1. The van der Waals surface area contributed by atoms with Crippen LogP contribution in [0.1, 0.15) is 27.0 Å². The predicted molar refractivity (Wildman–Crippen MR) is 144 cm³/mol. The number of esters is 1. The number of aliphatic hydroxyl groups is 1. The first-order valence-electron chi connectivity index (χ1n) is 12.3. The summed E-state index contributed by atoms with van der Waals surface area (Å²) in [4.78, 5) is 26.4. The van der Waals surface area contributed by atoms with Crippen molar-refractivity contribution in [3.05, 3.63) is 41.9 Å². The maximum Gasteiger partial charge on any atom is 0.459 e. The maximum absolute atomic E-state index is 15.5. The number of ether oxygens (including phenoxy) is 2. The largest absolute Gasteiger partial charge is 0.462 e. The summed E-state index contributed by atoms with van der Waals surface area (Å²) >= 11 is 6.09. The van der Waals surface area contributed by atoms with Gasteiger partial charge in [0.2, 0.25) is 5.28 Å². The molecule has 0 bridgehead atoms. The third-order valence-electron chi connectivity index (χ3n) is 5.94. The van der Waals surface area contributed by atoms with Crippen LogP contribution in [0.4, 0.5) is 10.2 Å². The summed E-state index contributed by atoms with van der Waals surface area (Å²) in [7, 11) is -0.767. The Morgan fingerprint density at radius 3 is 2.67 bits per heavy atom. The summed E-state index contributed by atoms with van der Waals surface area (Å²) in [6.45, 7) is 3.67. The monoisotopic (exact) mass is 600 g/mol. The molecule has 3 aromatic rings. The van der Waals surface area contributed by atoms with Crippen LogP contribution in [0.15, 0.2) is 36.7 Å². The number of carbonyl (C=O) groups excluding carboxylic acids is 1. The van der Waals surface area contributed by atoms with Crippen molar-refractivity contribution in [3.63, 3.8) is 0 Å². The number of hydrogen-bond donors (Lipinski definition) is 2. The number of carbonyl (C=O) groups is 1. The highest BCUT2D eigenvalue weighted by Gasteiger charge is 2.54. The molecule has 218 valence electrons. The van der Waals surface area contributed by atoms with E-state index in [2.05, 4.69) is 20.0 Å². The van der Waals surface area contributed by atoms with Gasteiger partial charge in [0, 0.05) is 14.1 Å². The summed E-state index contributed by atoms with van der Waals surface area (Å²) < 4.78 is 52.6. The van der Waals surface area contributed by atoms with E-state index >= 15 is 4.39 Å². The van der Waals surface area contributed by atoms with Crippen molar-refractivity contribution in [1.29, 1.82) is 0 Å². The fraction of sp³-hybridized carbons (Fsp3) is 0.500. The van der Waals surface area contributed by atoms with Crippen LogP contribution in [0.2, 0.25) is 5.28 Å². The molecule has 0 aliphatic carbocycles. The number of hydrogen-bond acceptors (Lipinski definition) is 11. The number of para-hydroxylation sites is 1. The van der Waals surface area contributed by atoms with E-state index in [-0.39, 0.29) is 16.7 Å². The third-order valence-corrected chi connectivity index (χ3v) is 7.57. The second-order valence-electron chi connectivity index (χ2n) is 9.79. The van der Waals surface area contributed by atoms with Crippen LogP contribution in [0.3, 0.4) is 0 Å². The Labute approximate surface area is 235 Å². The van der Waals surface area contributed by atoms with E-state index in [1.165, 1.54) is 17.8 Å². The summed E-state index contributed by atoms with van der Waals surface area (Å²) in [5.41, 5.74) is -1.16. The molecule has 0 radical (unpaired) electrons. The molecule has 1 saturated heterocycles. The van der Waals surface area contributed by atoms with Gasteiger partial charge in [0.05, 0.1) is 19.0 Å². The fourth-order valence-corrected chi connectivity index (χ4v) is 5.53. The van der Waals surface area contributed by atoms with Crippen LogP contribution in [0.25, 0.3) is 11.2 Å². The lowest BCUT2D eigenvalue weighted by Crippen LogP contribution is -2.43. The molecule has 3 heterocycles. The van der Waals surface area contributed by atoms with Crippen molar-refractivity contribution in [2.24, 2.45) is 0 Å². The molecule has 0 saturated carbocycles. The topological polar surface area (TPSA) is 150 Å². The molecule has 2 N–H and O–H groups in total. The molecule has 4 rings (SSSR count). The number of benzene rings is 1. The van der Waals surface area contributed by atoms with Crippen LogP contribution in [-0.2, 0) is 23.4 Å². The molecular formula is C24H31ClFN6O7P. The molecule has 16 heteroatoms. The Morgan fingerprint density at radius 1 is 1.32 bits per heavy atom. The van der Waals surface area contributed by atoms with Gasteiger partial charge in [0.15, 0.2) is 29.4 Å². The molecule has 0 amide bonds. The van der Waals surface area contributed by atoms with Gasteiger partial charge in [0.25, 0.3) is 0 Å². The van der Waals surface area contributed by atoms with Crippen molar-refractivity contribution < 1.29 is 37.4 Å². The lowest BCUT2D eigenvalue weighted by molar-refractivity contribution is -0.146. The normalized spacial score (nSPS) is 24.3. The van der Waals surface area contributed by atoms with Crippen LogP contribution >= 0.6 is 19.3 Å². The molecule has 5 atom stereocenters. The fourth-order valence-electron chi connectivity index (χ4n) is 4.01. The smallest absolute Gasteiger partial charge is 0.459 e. The van der Waals surface area contributed by atoms with Crippen molar-refractivity contribution in [3.8, 4) is 5.75 Å². The van der Waals surface area contributed by atoms with Crippen molar-refractivity contribution in [1.82, 2.24) is 24.6 Å². The first kappa shape index (κ1) is 30.1. The number of alkyl halides is 1.